The van der Waals surface area contributed by atoms with Crippen LogP contribution < -0.4 is 0 Å². The van der Waals surface area contributed by atoms with Crippen LogP contribution in [0, 0.1) is 11.3 Å². The molecule has 0 amide bonds. The highest BCUT2D eigenvalue weighted by molar-refractivity contribution is 6.30. The standard InChI is InChI=1S/C14H17ClN2O/c1-3-17(10-4-9-16)11(2)14(18)12-5-7-13(15)8-6-12/h5-8,11H,3-4,10H2,1-2H3. The molecule has 0 N–H and O–H groups in total. The summed E-state index contributed by atoms with van der Waals surface area (Å²) in [7, 11) is 0. The molecule has 0 radical (unpaired) electrons. The van der Waals surface area contributed by atoms with Gasteiger partial charge in [-0.25, -0.2) is 0 Å². The number of nitriles is 1. The van der Waals surface area contributed by atoms with E-state index in [1.165, 1.54) is 0 Å². The third kappa shape index (κ3) is 3.83. The van der Waals surface area contributed by atoms with Gasteiger partial charge in [0.05, 0.1) is 12.1 Å². The Morgan fingerprint density at radius 2 is 2.06 bits per heavy atom. The summed E-state index contributed by atoms with van der Waals surface area (Å²) in [6.45, 7) is 5.23. The fourth-order valence-corrected chi connectivity index (χ4v) is 1.97. The van der Waals surface area contributed by atoms with Crippen molar-refractivity contribution in [1.82, 2.24) is 4.90 Å². The maximum atomic E-state index is 12.3. The largest absolute Gasteiger partial charge is 0.293 e. The SMILES string of the molecule is CCN(CCC#N)C(C)C(=O)c1ccc(Cl)cc1. The molecule has 0 spiro atoms. The lowest BCUT2D eigenvalue weighted by atomic mass is 10.0. The minimum absolute atomic E-state index is 0.0615. The number of rotatable bonds is 6. The van der Waals surface area contributed by atoms with Crippen LogP contribution in [-0.4, -0.2) is 29.8 Å². The Morgan fingerprint density at radius 1 is 1.44 bits per heavy atom. The molecule has 0 heterocycles. The van der Waals surface area contributed by atoms with Crippen molar-refractivity contribution in [3.63, 3.8) is 0 Å². The van der Waals surface area contributed by atoms with Gasteiger partial charge in [0.25, 0.3) is 0 Å². The molecule has 18 heavy (non-hydrogen) atoms. The van der Waals surface area contributed by atoms with Crippen LogP contribution in [0.25, 0.3) is 0 Å². The lowest BCUT2D eigenvalue weighted by molar-refractivity contribution is 0.0847. The molecule has 3 nitrogen and oxygen atoms in total. The van der Waals surface area contributed by atoms with Gasteiger partial charge in [-0.15, -0.1) is 0 Å². The lowest BCUT2D eigenvalue weighted by Gasteiger charge is -2.25. The highest BCUT2D eigenvalue weighted by Crippen LogP contribution is 2.13. The van der Waals surface area contributed by atoms with Crippen molar-refractivity contribution >= 4 is 17.4 Å². The minimum Gasteiger partial charge on any atom is -0.293 e. The van der Waals surface area contributed by atoms with Crippen LogP contribution in [0.2, 0.25) is 5.02 Å². The summed E-state index contributed by atoms with van der Waals surface area (Å²) in [5.74, 6) is 0.0615. The number of Topliss-reactive ketones (excluding diaryl/α,β-unsaturated/α-hetero) is 1. The zero-order valence-corrected chi connectivity index (χ0v) is 11.4. The molecule has 1 unspecified atom stereocenters. The van der Waals surface area contributed by atoms with Gasteiger partial charge in [-0.05, 0) is 37.7 Å². The van der Waals surface area contributed by atoms with Crippen molar-refractivity contribution in [1.29, 1.82) is 5.26 Å². The van der Waals surface area contributed by atoms with E-state index in [1.807, 2.05) is 18.7 Å². The van der Waals surface area contributed by atoms with E-state index in [1.54, 1.807) is 24.3 Å². The summed E-state index contributed by atoms with van der Waals surface area (Å²) in [5.41, 5.74) is 0.655. The number of likely N-dealkylation sites (N-methyl/N-ethyl adjacent to an activating group) is 1. The van der Waals surface area contributed by atoms with Crippen molar-refractivity contribution in [3.8, 4) is 6.07 Å². The lowest BCUT2D eigenvalue weighted by Crippen LogP contribution is -2.39. The van der Waals surface area contributed by atoms with Crippen molar-refractivity contribution in [2.24, 2.45) is 0 Å². The fourth-order valence-electron chi connectivity index (χ4n) is 1.84. The molecule has 0 aliphatic rings. The Balaban J connectivity index is 2.76. The molecule has 96 valence electrons. The average Bonchev–Trinajstić information content (AvgIpc) is 2.39. The third-order valence-corrected chi connectivity index (χ3v) is 3.22. The van der Waals surface area contributed by atoms with Gasteiger partial charge in [-0.2, -0.15) is 5.26 Å². The van der Waals surface area contributed by atoms with Gasteiger partial charge in [0.15, 0.2) is 5.78 Å². The average molecular weight is 265 g/mol. The first-order valence-corrected chi connectivity index (χ1v) is 6.38. The number of carbonyl (C=O) groups excluding carboxylic acids is 1. The maximum Gasteiger partial charge on any atom is 0.179 e. The van der Waals surface area contributed by atoms with Crippen molar-refractivity contribution in [3.05, 3.63) is 34.9 Å². The minimum atomic E-state index is -0.218. The number of halogens is 1. The summed E-state index contributed by atoms with van der Waals surface area (Å²) >= 11 is 5.80. The number of hydrogen-bond donors (Lipinski definition) is 0. The molecule has 1 atom stereocenters. The van der Waals surface area contributed by atoms with E-state index in [9.17, 15) is 4.79 Å². The van der Waals surface area contributed by atoms with E-state index in [2.05, 4.69) is 6.07 Å². The van der Waals surface area contributed by atoms with Gasteiger partial charge in [0, 0.05) is 23.6 Å². The van der Waals surface area contributed by atoms with E-state index < -0.39 is 0 Å². The second-order valence-corrected chi connectivity index (χ2v) is 4.52. The quantitative estimate of drug-likeness (QED) is 0.742. The molecule has 0 saturated heterocycles. The second-order valence-electron chi connectivity index (χ2n) is 4.08. The molecule has 0 bridgehead atoms. The molecule has 0 fully saturated rings. The first-order chi connectivity index (χ1) is 8.60. The zero-order valence-electron chi connectivity index (χ0n) is 10.7. The molecule has 0 aromatic heterocycles. The predicted molar refractivity (Wildman–Crippen MR) is 72.7 cm³/mol. The van der Waals surface area contributed by atoms with Crippen molar-refractivity contribution < 1.29 is 4.79 Å². The smallest absolute Gasteiger partial charge is 0.179 e. The normalized spacial score (nSPS) is 12.2. The fraction of sp³-hybridized carbons (Fsp3) is 0.429. The topological polar surface area (TPSA) is 44.1 Å². The van der Waals surface area contributed by atoms with Crippen LogP contribution in [0.1, 0.15) is 30.6 Å². The molecule has 1 rings (SSSR count). The number of carbonyl (C=O) groups is 1. The summed E-state index contributed by atoms with van der Waals surface area (Å²) in [6.07, 6.45) is 0.437. The first kappa shape index (κ1) is 14.7. The van der Waals surface area contributed by atoms with E-state index >= 15 is 0 Å². The Kier molecular flexibility index (Phi) is 5.84. The Labute approximate surface area is 113 Å². The second kappa shape index (κ2) is 7.15. The third-order valence-electron chi connectivity index (χ3n) is 2.97. The molecular formula is C14H17ClN2O. The van der Waals surface area contributed by atoms with Crippen LogP contribution in [-0.2, 0) is 0 Å². The number of hydrogen-bond acceptors (Lipinski definition) is 3. The van der Waals surface area contributed by atoms with Crippen LogP contribution in [0.15, 0.2) is 24.3 Å². The number of ketones is 1. The van der Waals surface area contributed by atoms with Gasteiger partial charge in [-0.3, -0.25) is 9.69 Å². The van der Waals surface area contributed by atoms with Crippen molar-refractivity contribution in [2.75, 3.05) is 13.1 Å². The van der Waals surface area contributed by atoms with Gasteiger partial charge >= 0.3 is 0 Å². The predicted octanol–water partition coefficient (Wildman–Crippen LogP) is 3.15. The summed E-state index contributed by atoms with van der Waals surface area (Å²) in [6, 6.07) is 8.79. The van der Waals surface area contributed by atoms with Crippen LogP contribution >= 0.6 is 11.6 Å². The highest BCUT2D eigenvalue weighted by Gasteiger charge is 2.20. The molecule has 0 aliphatic heterocycles. The Morgan fingerprint density at radius 3 is 2.56 bits per heavy atom. The van der Waals surface area contributed by atoms with E-state index in [-0.39, 0.29) is 11.8 Å². The maximum absolute atomic E-state index is 12.3. The van der Waals surface area contributed by atoms with Crippen LogP contribution in [0.3, 0.4) is 0 Å². The first-order valence-electron chi connectivity index (χ1n) is 6.01. The Bertz CT molecular complexity index is 436. The molecule has 0 saturated carbocycles. The summed E-state index contributed by atoms with van der Waals surface area (Å²) in [4.78, 5) is 14.3. The van der Waals surface area contributed by atoms with E-state index in [0.717, 1.165) is 6.54 Å². The molecule has 4 heteroatoms. The van der Waals surface area contributed by atoms with E-state index in [0.29, 0.717) is 23.6 Å². The Hall–Kier alpha value is -1.37. The number of benzene rings is 1. The summed E-state index contributed by atoms with van der Waals surface area (Å²) < 4.78 is 0. The van der Waals surface area contributed by atoms with E-state index in [4.69, 9.17) is 16.9 Å². The molecule has 1 aromatic rings. The highest BCUT2D eigenvalue weighted by atomic mass is 35.5. The van der Waals surface area contributed by atoms with Gasteiger partial charge in [-0.1, -0.05) is 18.5 Å². The molecule has 1 aromatic carbocycles. The van der Waals surface area contributed by atoms with Crippen LogP contribution in [0.4, 0.5) is 0 Å². The van der Waals surface area contributed by atoms with Gasteiger partial charge in [0.1, 0.15) is 0 Å². The molecular weight excluding hydrogens is 248 g/mol. The number of nitrogens with zero attached hydrogens (tertiary/aromatic N) is 2. The molecule has 0 aliphatic carbocycles. The van der Waals surface area contributed by atoms with Gasteiger partial charge < -0.3 is 0 Å². The summed E-state index contributed by atoms with van der Waals surface area (Å²) in [5, 5.41) is 9.22. The van der Waals surface area contributed by atoms with Crippen molar-refractivity contribution in [2.45, 2.75) is 26.3 Å². The monoisotopic (exact) mass is 264 g/mol. The zero-order chi connectivity index (χ0) is 13.5. The van der Waals surface area contributed by atoms with Gasteiger partial charge in [0.2, 0.25) is 0 Å². The van der Waals surface area contributed by atoms with Crippen LogP contribution in [0.5, 0.6) is 0 Å².